The third-order valence-corrected chi connectivity index (χ3v) is 4.50. The molecule has 0 saturated carbocycles. The molecule has 0 aliphatic carbocycles. The molecule has 0 aromatic heterocycles. The second kappa shape index (κ2) is 6.19. The van der Waals surface area contributed by atoms with Crippen LogP contribution in [0.2, 0.25) is 5.02 Å². The minimum Gasteiger partial charge on any atom is -0.387 e. The molecular weight excluding hydrogens is 302 g/mol. The highest BCUT2D eigenvalue weighted by molar-refractivity contribution is 9.10. The van der Waals surface area contributed by atoms with Crippen molar-refractivity contribution in [2.24, 2.45) is 0 Å². The fourth-order valence-corrected chi connectivity index (χ4v) is 2.69. The van der Waals surface area contributed by atoms with Gasteiger partial charge in [-0.1, -0.05) is 30.5 Å². The van der Waals surface area contributed by atoms with E-state index < -0.39 is 6.10 Å². The van der Waals surface area contributed by atoms with E-state index in [2.05, 4.69) is 21.2 Å². The first kappa shape index (κ1) is 13.3. The summed E-state index contributed by atoms with van der Waals surface area (Å²) in [5, 5.41) is 14.4. The lowest BCUT2D eigenvalue weighted by Gasteiger charge is -2.23. The molecule has 94 valence electrons. The summed E-state index contributed by atoms with van der Waals surface area (Å²) in [6, 6.07) is 5.79. The molecule has 1 fully saturated rings. The summed E-state index contributed by atoms with van der Waals surface area (Å²) in [5.74, 6) is 0. The molecule has 17 heavy (non-hydrogen) atoms. The number of aliphatic hydroxyl groups is 1. The van der Waals surface area contributed by atoms with Gasteiger partial charge in [-0.3, -0.25) is 0 Å². The number of rotatable bonds is 2. The van der Waals surface area contributed by atoms with Crippen LogP contribution in [0.1, 0.15) is 37.4 Å². The molecule has 0 spiro atoms. The Hall–Kier alpha value is -0.0900. The van der Waals surface area contributed by atoms with E-state index >= 15 is 0 Å². The van der Waals surface area contributed by atoms with Crippen molar-refractivity contribution < 1.29 is 5.11 Å². The van der Waals surface area contributed by atoms with Gasteiger partial charge in [-0.2, -0.15) is 0 Å². The largest absolute Gasteiger partial charge is 0.387 e. The van der Waals surface area contributed by atoms with Crippen molar-refractivity contribution in [2.45, 2.75) is 37.8 Å². The monoisotopic (exact) mass is 317 g/mol. The van der Waals surface area contributed by atoms with Gasteiger partial charge >= 0.3 is 0 Å². The van der Waals surface area contributed by atoms with Gasteiger partial charge in [0.2, 0.25) is 0 Å². The summed E-state index contributed by atoms with van der Waals surface area (Å²) in [6.07, 6.45) is 4.17. The zero-order valence-electron chi connectivity index (χ0n) is 9.63. The minimum atomic E-state index is -0.473. The number of hydrogen-bond donors (Lipinski definition) is 2. The Kier molecular flexibility index (Phi) is 4.86. The van der Waals surface area contributed by atoms with Gasteiger partial charge in [-0.15, -0.1) is 0 Å². The molecule has 1 heterocycles. The molecular formula is C13H17BrClNO. The van der Waals surface area contributed by atoms with Crippen molar-refractivity contribution in [3.05, 3.63) is 33.3 Å². The van der Waals surface area contributed by atoms with E-state index in [-0.39, 0.29) is 6.04 Å². The normalized spacial score (nSPS) is 23.1. The number of halogens is 2. The smallest absolute Gasteiger partial charge is 0.0943 e. The summed E-state index contributed by atoms with van der Waals surface area (Å²) in [7, 11) is 0. The molecule has 1 aromatic carbocycles. The summed E-state index contributed by atoms with van der Waals surface area (Å²) >= 11 is 9.41. The standard InChI is InChI=1S/C13H17BrClNO/c14-10-6-5-9(8-11(10)15)13(17)12-4-2-1-3-7-16-12/h5-6,8,12-13,16-17H,1-4,7H2. The first-order valence-electron chi connectivity index (χ1n) is 6.05. The van der Waals surface area contributed by atoms with E-state index in [1.807, 2.05) is 18.2 Å². The van der Waals surface area contributed by atoms with Gasteiger partial charge in [0.05, 0.1) is 11.1 Å². The average molecular weight is 319 g/mol. The van der Waals surface area contributed by atoms with Gasteiger partial charge in [-0.05, 0) is 53.0 Å². The Morgan fingerprint density at radius 3 is 2.94 bits per heavy atom. The lowest BCUT2D eigenvalue weighted by Crippen LogP contribution is -2.34. The molecule has 4 heteroatoms. The highest BCUT2D eigenvalue weighted by Crippen LogP contribution is 2.29. The quantitative estimate of drug-likeness (QED) is 0.872. The van der Waals surface area contributed by atoms with E-state index in [0.29, 0.717) is 5.02 Å². The third kappa shape index (κ3) is 3.44. The SMILES string of the molecule is OC(c1ccc(Br)c(Cl)c1)C1CCCCCN1. The molecule has 2 unspecified atom stereocenters. The number of nitrogens with one attached hydrogen (secondary N) is 1. The maximum absolute atomic E-state index is 10.3. The van der Waals surface area contributed by atoms with E-state index in [1.54, 1.807) is 0 Å². The number of hydrogen-bond acceptors (Lipinski definition) is 2. The van der Waals surface area contributed by atoms with Gasteiger partial charge in [0.25, 0.3) is 0 Å². The van der Waals surface area contributed by atoms with Crippen LogP contribution >= 0.6 is 27.5 Å². The summed E-state index contributed by atoms with van der Waals surface area (Å²) < 4.78 is 0.865. The lowest BCUT2D eigenvalue weighted by molar-refractivity contribution is 0.126. The van der Waals surface area contributed by atoms with E-state index in [1.165, 1.54) is 19.3 Å². The Labute approximate surface area is 115 Å². The summed E-state index contributed by atoms with van der Waals surface area (Å²) in [6.45, 7) is 0.992. The highest BCUT2D eigenvalue weighted by Gasteiger charge is 2.22. The minimum absolute atomic E-state index is 0.148. The van der Waals surface area contributed by atoms with Gasteiger partial charge in [0.1, 0.15) is 0 Å². The van der Waals surface area contributed by atoms with Crippen LogP contribution in [0.3, 0.4) is 0 Å². The van der Waals surface area contributed by atoms with Crippen molar-refractivity contribution in [1.29, 1.82) is 0 Å². The predicted molar refractivity (Wildman–Crippen MR) is 74.4 cm³/mol. The molecule has 2 rings (SSSR count). The van der Waals surface area contributed by atoms with Crippen LogP contribution < -0.4 is 5.32 Å². The molecule has 1 aliphatic heterocycles. The van der Waals surface area contributed by atoms with Gasteiger partial charge in [-0.25, -0.2) is 0 Å². The van der Waals surface area contributed by atoms with Crippen molar-refractivity contribution in [2.75, 3.05) is 6.54 Å². The molecule has 2 N–H and O–H groups in total. The maximum Gasteiger partial charge on any atom is 0.0943 e. The number of benzene rings is 1. The van der Waals surface area contributed by atoms with E-state index in [4.69, 9.17) is 11.6 Å². The maximum atomic E-state index is 10.3. The van der Waals surface area contributed by atoms with Crippen LogP contribution in [0.5, 0.6) is 0 Å². The third-order valence-electron chi connectivity index (χ3n) is 3.26. The highest BCUT2D eigenvalue weighted by atomic mass is 79.9. The fourth-order valence-electron chi connectivity index (χ4n) is 2.25. The first-order chi connectivity index (χ1) is 8.18. The molecule has 0 radical (unpaired) electrons. The van der Waals surface area contributed by atoms with Crippen LogP contribution in [-0.4, -0.2) is 17.7 Å². The van der Waals surface area contributed by atoms with Crippen LogP contribution in [0, 0.1) is 0 Å². The van der Waals surface area contributed by atoms with Crippen LogP contribution in [0.4, 0.5) is 0 Å². The average Bonchev–Trinajstić information content (AvgIpc) is 2.60. The van der Waals surface area contributed by atoms with Crippen LogP contribution in [-0.2, 0) is 0 Å². The Bertz CT molecular complexity index is 378. The Balaban J connectivity index is 2.11. The second-order valence-corrected chi connectivity index (χ2v) is 5.79. The van der Waals surface area contributed by atoms with Crippen molar-refractivity contribution in [3.63, 3.8) is 0 Å². The molecule has 1 saturated heterocycles. The Morgan fingerprint density at radius 2 is 2.18 bits per heavy atom. The van der Waals surface area contributed by atoms with Crippen molar-refractivity contribution in [3.8, 4) is 0 Å². The van der Waals surface area contributed by atoms with Crippen LogP contribution in [0.15, 0.2) is 22.7 Å². The van der Waals surface area contributed by atoms with Gasteiger partial charge in [0.15, 0.2) is 0 Å². The first-order valence-corrected chi connectivity index (χ1v) is 7.22. The fraction of sp³-hybridized carbons (Fsp3) is 0.538. The molecule has 2 nitrogen and oxygen atoms in total. The summed E-state index contributed by atoms with van der Waals surface area (Å²) in [4.78, 5) is 0. The van der Waals surface area contributed by atoms with Crippen LogP contribution in [0.25, 0.3) is 0 Å². The van der Waals surface area contributed by atoms with Crippen molar-refractivity contribution >= 4 is 27.5 Å². The summed E-state index contributed by atoms with van der Waals surface area (Å²) in [5.41, 5.74) is 0.887. The van der Waals surface area contributed by atoms with Gasteiger partial charge in [0, 0.05) is 10.5 Å². The molecule has 2 atom stereocenters. The van der Waals surface area contributed by atoms with Crippen molar-refractivity contribution in [1.82, 2.24) is 5.32 Å². The van der Waals surface area contributed by atoms with Gasteiger partial charge < -0.3 is 10.4 Å². The molecule has 0 amide bonds. The Morgan fingerprint density at radius 1 is 1.35 bits per heavy atom. The predicted octanol–water partition coefficient (Wildman–Crippen LogP) is 3.67. The lowest BCUT2D eigenvalue weighted by atomic mass is 9.99. The number of aliphatic hydroxyl groups excluding tert-OH is 1. The zero-order chi connectivity index (χ0) is 12.3. The van der Waals surface area contributed by atoms with E-state index in [9.17, 15) is 5.11 Å². The molecule has 0 bridgehead atoms. The topological polar surface area (TPSA) is 32.3 Å². The zero-order valence-corrected chi connectivity index (χ0v) is 12.0. The molecule has 1 aromatic rings. The second-order valence-electron chi connectivity index (χ2n) is 4.53. The molecule has 1 aliphatic rings. The van der Waals surface area contributed by atoms with E-state index in [0.717, 1.165) is 23.0 Å².